The molecule has 3 nitrogen and oxygen atoms in total. The van der Waals surface area contributed by atoms with Crippen LogP contribution in [0.2, 0.25) is 0 Å². The van der Waals surface area contributed by atoms with Crippen molar-refractivity contribution in [2.24, 2.45) is 0 Å². The van der Waals surface area contributed by atoms with Crippen molar-refractivity contribution in [3.8, 4) is 0 Å². The molecule has 1 saturated heterocycles. The van der Waals surface area contributed by atoms with Crippen LogP contribution in [0.1, 0.15) is 38.4 Å². The van der Waals surface area contributed by atoms with Gasteiger partial charge in [0.15, 0.2) is 0 Å². The van der Waals surface area contributed by atoms with Crippen LogP contribution in [0.4, 0.5) is 0 Å². The second-order valence-corrected chi connectivity index (χ2v) is 6.20. The lowest BCUT2D eigenvalue weighted by atomic mass is 9.88. The zero-order valence-electron chi connectivity index (χ0n) is 12.2. The Bertz CT molecular complexity index is 597. The lowest BCUT2D eigenvalue weighted by Crippen LogP contribution is -2.46. The first-order valence-electron chi connectivity index (χ1n) is 7.36. The number of aliphatic hydroxyl groups is 1. The van der Waals surface area contributed by atoms with Gasteiger partial charge in [0.25, 0.3) is 0 Å². The number of aliphatic hydroxyl groups excluding tert-OH is 1. The normalized spacial score (nSPS) is 18.6. The Labute approximate surface area is 120 Å². The molecular formula is C17H22N2O. The summed E-state index contributed by atoms with van der Waals surface area (Å²) in [4.78, 5) is 6.68. The molecule has 1 aromatic heterocycles. The Balaban J connectivity index is 2.01. The number of nitrogens with zero attached hydrogens (tertiary/aromatic N) is 2. The van der Waals surface area contributed by atoms with Gasteiger partial charge in [-0.3, -0.25) is 9.88 Å². The monoisotopic (exact) mass is 270 g/mol. The number of benzene rings is 1. The van der Waals surface area contributed by atoms with E-state index in [9.17, 15) is 5.11 Å². The van der Waals surface area contributed by atoms with Crippen molar-refractivity contribution in [1.29, 1.82) is 0 Å². The summed E-state index contributed by atoms with van der Waals surface area (Å²) in [5.41, 5.74) is 0.669. The molecule has 1 fully saturated rings. The summed E-state index contributed by atoms with van der Waals surface area (Å²) >= 11 is 0. The number of hydrogen-bond acceptors (Lipinski definition) is 3. The molecule has 0 aliphatic carbocycles. The second kappa shape index (κ2) is 5.15. The SMILES string of the molecule is CC(C)(C(O)c1cncc2ccccc12)N1CCCC1. The van der Waals surface area contributed by atoms with Crippen LogP contribution < -0.4 is 0 Å². The highest BCUT2D eigenvalue weighted by Crippen LogP contribution is 2.35. The molecule has 0 radical (unpaired) electrons. The molecule has 2 heterocycles. The smallest absolute Gasteiger partial charge is 0.0989 e. The molecule has 3 rings (SSSR count). The van der Waals surface area contributed by atoms with Gasteiger partial charge in [-0.1, -0.05) is 24.3 Å². The van der Waals surface area contributed by atoms with Gasteiger partial charge in [0.1, 0.15) is 0 Å². The van der Waals surface area contributed by atoms with Crippen molar-refractivity contribution in [2.45, 2.75) is 38.3 Å². The fourth-order valence-electron chi connectivity index (χ4n) is 3.20. The highest BCUT2D eigenvalue weighted by atomic mass is 16.3. The van der Waals surface area contributed by atoms with Crippen molar-refractivity contribution in [1.82, 2.24) is 9.88 Å². The van der Waals surface area contributed by atoms with Gasteiger partial charge in [0.2, 0.25) is 0 Å². The summed E-state index contributed by atoms with van der Waals surface area (Å²) in [6.45, 7) is 6.40. The molecule has 0 amide bonds. The van der Waals surface area contributed by atoms with Gasteiger partial charge in [-0.2, -0.15) is 0 Å². The molecule has 1 unspecified atom stereocenters. The fraction of sp³-hybridized carbons (Fsp3) is 0.471. The Morgan fingerprint density at radius 1 is 1.15 bits per heavy atom. The molecule has 1 aliphatic rings. The lowest BCUT2D eigenvalue weighted by molar-refractivity contribution is 0.00201. The maximum absolute atomic E-state index is 10.9. The van der Waals surface area contributed by atoms with E-state index in [0.29, 0.717) is 0 Å². The van der Waals surface area contributed by atoms with Crippen LogP contribution >= 0.6 is 0 Å². The van der Waals surface area contributed by atoms with Crippen molar-refractivity contribution in [2.75, 3.05) is 13.1 Å². The van der Waals surface area contributed by atoms with E-state index < -0.39 is 6.10 Å². The van der Waals surface area contributed by atoms with Crippen LogP contribution in [0.25, 0.3) is 10.8 Å². The van der Waals surface area contributed by atoms with E-state index in [1.54, 1.807) is 0 Å². The molecule has 1 atom stereocenters. The average Bonchev–Trinajstić information content (AvgIpc) is 3.01. The van der Waals surface area contributed by atoms with Gasteiger partial charge in [-0.15, -0.1) is 0 Å². The molecule has 0 saturated carbocycles. The summed E-state index contributed by atoms with van der Waals surface area (Å²) in [7, 11) is 0. The van der Waals surface area contributed by atoms with Crippen LogP contribution in [-0.2, 0) is 0 Å². The number of likely N-dealkylation sites (tertiary alicyclic amines) is 1. The molecule has 1 aliphatic heterocycles. The Morgan fingerprint density at radius 2 is 1.85 bits per heavy atom. The first-order chi connectivity index (χ1) is 9.60. The zero-order valence-corrected chi connectivity index (χ0v) is 12.2. The van der Waals surface area contributed by atoms with Crippen molar-refractivity contribution >= 4 is 10.8 Å². The Kier molecular flexibility index (Phi) is 3.48. The standard InChI is InChI=1S/C17H22N2O/c1-17(2,19-9-5-6-10-19)16(20)15-12-18-11-13-7-3-4-8-14(13)15/h3-4,7-8,11-12,16,20H,5-6,9-10H2,1-2H3. The van der Waals surface area contributed by atoms with Crippen LogP contribution in [-0.4, -0.2) is 33.6 Å². The van der Waals surface area contributed by atoms with Gasteiger partial charge < -0.3 is 5.11 Å². The van der Waals surface area contributed by atoms with E-state index in [4.69, 9.17) is 0 Å². The number of fused-ring (bicyclic) bond motifs is 1. The molecular weight excluding hydrogens is 248 g/mol. The highest BCUT2D eigenvalue weighted by molar-refractivity contribution is 5.85. The molecule has 20 heavy (non-hydrogen) atoms. The van der Waals surface area contributed by atoms with Crippen LogP contribution in [0.15, 0.2) is 36.7 Å². The molecule has 1 N–H and O–H groups in total. The van der Waals surface area contributed by atoms with Crippen molar-refractivity contribution < 1.29 is 5.11 Å². The van der Waals surface area contributed by atoms with E-state index in [2.05, 4.69) is 29.8 Å². The maximum atomic E-state index is 10.9. The minimum Gasteiger partial charge on any atom is -0.386 e. The molecule has 2 aromatic rings. The first kappa shape index (κ1) is 13.5. The topological polar surface area (TPSA) is 36.4 Å². The number of hydrogen-bond donors (Lipinski definition) is 1. The highest BCUT2D eigenvalue weighted by Gasteiger charge is 2.37. The van der Waals surface area contributed by atoms with Gasteiger partial charge in [0, 0.05) is 28.9 Å². The van der Waals surface area contributed by atoms with E-state index in [1.165, 1.54) is 12.8 Å². The number of rotatable bonds is 3. The molecule has 0 spiro atoms. The lowest BCUT2D eigenvalue weighted by Gasteiger charge is -2.39. The van der Waals surface area contributed by atoms with Gasteiger partial charge in [0.05, 0.1) is 6.10 Å². The quantitative estimate of drug-likeness (QED) is 0.931. The van der Waals surface area contributed by atoms with E-state index in [1.807, 2.05) is 30.6 Å². The first-order valence-corrected chi connectivity index (χ1v) is 7.36. The minimum absolute atomic E-state index is 0.262. The van der Waals surface area contributed by atoms with Crippen molar-refractivity contribution in [3.05, 3.63) is 42.2 Å². The number of pyridine rings is 1. The van der Waals surface area contributed by atoms with Gasteiger partial charge in [-0.05, 0) is 45.2 Å². The Hall–Kier alpha value is -1.45. The number of aromatic nitrogens is 1. The van der Waals surface area contributed by atoms with Crippen LogP contribution in [0.5, 0.6) is 0 Å². The summed E-state index contributed by atoms with van der Waals surface area (Å²) in [5.74, 6) is 0. The van der Waals surface area contributed by atoms with Crippen LogP contribution in [0, 0.1) is 0 Å². The average molecular weight is 270 g/mol. The predicted octanol–water partition coefficient (Wildman–Crippen LogP) is 3.14. The predicted molar refractivity (Wildman–Crippen MR) is 81.6 cm³/mol. The van der Waals surface area contributed by atoms with Gasteiger partial charge >= 0.3 is 0 Å². The molecule has 3 heteroatoms. The van der Waals surface area contributed by atoms with E-state index in [-0.39, 0.29) is 5.54 Å². The largest absolute Gasteiger partial charge is 0.386 e. The summed E-state index contributed by atoms with van der Waals surface area (Å²) in [6.07, 6.45) is 5.59. The van der Waals surface area contributed by atoms with E-state index in [0.717, 1.165) is 29.4 Å². The van der Waals surface area contributed by atoms with Crippen LogP contribution in [0.3, 0.4) is 0 Å². The molecule has 0 bridgehead atoms. The third-order valence-electron chi connectivity index (χ3n) is 4.58. The van der Waals surface area contributed by atoms with E-state index >= 15 is 0 Å². The summed E-state index contributed by atoms with van der Waals surface area (Å²) in [6, 6.07) is 8.13. The molecule has 1 aromatic carbocycles. The fourth-order valence-corrected chi connectivity index (χ4v) is 3.20. The third-order valence-corrected chi connectivity index (χ3v) is 4.58. The third kappa shape index (κ3) is 2.21. The zero-order chi connectivity index (χ0) is 14.2. The maximum Gasteiger partial charge on any atom is 0.0989 e. The minimum atomic E-state index is -0.529. The Morgan fingerprint density at radius 3 is 2.60 bits per heavy atom. The summed E-state index contributed by atoms with van der Waals surface area (Å²) in [5, 5.41) is 13.1. The summed E-state index contributed by atoms with van der Waals surface area (Å²) < 4.78 is 0. The van der Waals surface area contributed by atoms with Crippen molar-refractivity contribution in [3.63, 3.8) is 0 Å². The second-order valence-electron chi connectivity index (χ2n) is 6.20. The van der Waals surface area contributed by atoms with Gasteiger partial charge in [-0.25, -0.2) is 0 Å². The molecule has 106 valence electrons.